The highest BCUT2D eigenvalue weighted by Gasteiger charge is 2.17. The molecule has 2 N–H and O–H groups in total. The topological polar surface area (TPSA) is 52.0 Å². The van der Waals surface area contributed by atoms with Crippen LogP contribution in [0.2, 0.25) is 0 Å². The van der Waals surface area contributed by atoms with Crippen LogP contribution in [0.5, 0.6) is 0 Å². The van der Waals surface area contributed by atoms with Crippen molar-refractivity contribution in [1.29, 1.82) is 0 Å². The van der Waals surface area contributed by atoms with Crippen molar-refractivity contribution in [2.24, 2.45) is 0 Å². The third kappa shape index (κ3) is 1.95. The number of aromatic nitrogens is 1. The molecule has 90 valence electrons. The Morgan fingerprint density at radius 1 is 1.17 bits per heavy atom. The lowest BCUT2D eigenvalue weighted by atomic mass is 10.0. The molecule has 0 saturated heterocycles. The molecule has 3 rings (SSSR count). The van der Waals surface area contributed by atoms with E-state index in [2.05, 4.69) is 21.1 Å². The Kier molecular flexibility index (Phi) is 2.93. The lowest BCUT2D eigenvalue weighted by molar-refractivity contribution is 0.439. The van der Waals surface area contributed by atoms with Gasteiger partial charge >= 0.3 is 0 Å². The molecule has 0 aliphatic heterocycles. The fourth-order valence-electron chi connectivity index (χ4n) is 1.82. The van der Waals surface area contributed by atoms with E-state index in [4.69, 9.17) is 10.3 Å². The van der Waals surface area contributed by atoms with E-state index in [0.29, 0.717) is 5.88 Å². The third-order valence-corrected chi connectivity index (χ3v) is 4.13. The molecule has 0 spiro atoms. The van der Waals surface area contributed by atoms with Gasteiger partial charge in [0.05, 0.1) is 9.35 Å². The maximum Gasteiger partial charge on any atom is 0.230 e. The number of nitrogens with two attached hydrogens (primary N) is 1. The van der Waals surface area contributed by atoms with Crippen LogP contribution in [-0.2, 0) is 0 Å². The first-order valence-electron chi connectivity index (χ1n) is 5.30. The van der Waals surface area contributed by atoms with Crippen LogP contribution < -0.4 is 5.73 Å². The van der Waals surface area contributed by atoms with E-state index < -0.39 is 0 Å². The van der Waals surface area contributed by atoms with E-state index in [9.17, 15) is 0 Å². The number of anilines is 1. The van der Waals surface area contributed by atoms with Crippen molar-refractivity contribution in [3.05, 3.63) is 45.6 Å². The van der Waals surface area contributed by atoms with Gasteiger partial charge in [0, 0.05) is 10.9 Å². The van der Waals surface area contributed by atoms with Crippen LogP contribution in [0.3, 0.4) is 0 Å². The standard InChI is InChI=1S/C13H9BrN2OS/c14-10-6-9(7-18-10)12-11(13(15)17-16-12)8-4-2-1-3-5-8/h1-7H,15H2. The summed E-state index contributed by atoms with van der Waals surface area (Å²) in [6.07, 6.45) is 0. The molecule has 2 aromatic heterocycles. The van der Waals surface area contributed by atoms with Gasteiger partial charge in [-0.15, -0.1) is 11.3 Å². The van der Waals surface area contributed by atoms with Gasteiger partial charge in [-0.05, 0) is 27.6 Å². The Hall–Kier alpha value is -1.59. The van der Waals surface area contributed by atoms with Crippen LogP contribution >= 0.6 is 27.3 Å². The molecule has 0 amide bonds. The number of hydrogen-bond acceptors (Lipinski definition) is 4. The Morgan fingerprint density at radius 2 is 1.94 bits per heavy atom. The molecule has 0 aliphatic carbocycles. The van der Waals surface area contributed by atoms with E-state index in [1.54, 1.807) is 11.3 Å². The number of benzene rings is 1. The van der Waals surface area contributed by atoms with Crippen molar-refractivity contribution < 1.29 is 4.52 Å². The minimum Gasteiger partial charge on any atom is -0.367 e. The molecule has 0 radical (unpaired) electrons. The molecule has 0 atom stereocenters. The number of nitrogen functional groups attached to an aromatic ring is 1. The molecule has 3 aromatic rings. The third-order valence-electron chi connectivity index (χ3n) is 2.62. The molecular formula is C13H9BrN2OS. The lowest BCUT2D eigenvalue weighted by Gasteiger charge is -2.00. The molecule has 0 fully saturated rings. The average Bonchev–Trinajstić information content (AvgIpc) is 2.96. The Labute approximate surface area is 116 Å². The van der Waals surface area contributed by atoms with Crippen molar-refractivity contribution in [2.45, 2.75) is 0 Å². The summed E-state index contributed by atoms with van der Waals surface area (Å²) < 4.78 is 6.18. The average molecular weight is 321 g/mol. The number of halogens is 1. The summed E-state index contributed by atoms with van der Waals surface area (Å²) in [6.45, 7) is 0. The van der Waals surface area contributed by atoms with Gasteiger partial charge in [-0.25, -0.2) is 0 Å². The Bertz CT molecular complexity index is 675. The smallest absolute Gasteiger partial charge is 0.230 e. The number of hydrogen-bond donors (Lipinski definition) is 1. The van der Waals surface area contributed by atoms with Crippen molar-refractivity contribution in [2.75, 3.05) is 5.73 Å². The van der Waals surface area contributed by atoms with Crippen LogP contribution in [0.1, 0.15) is 0 Å². The molecular weight excluding hydrogens is 312 g/mol. The minimum atomic E-state index is 0.346. The minimum absolute atomic E-state index is 0.346. The summed E-state index contributed by atoms with van der Waals surface area (Å²) in [5, 5.41) is 6.08. The number of thiophene rings is 1. The van der Waals surface area contributed by atoms with Gasteiger partial charge in [-0.1, -0.05) is 35.5 Å². The second-order valence-corrected chi connectivity index (χ2v) is 6.07. The molecule has 5 heteroatoms. The summed E-state index contributed by atoms with van der Waals surface area (Å²) in [5.74, 6) is 0.346. The number of nitrogens with zero attached hydrogens (tertiary/aromatic N) is 1. The monoisotopic (exact) mass is 320 g/mol. The quantitative estimate of drug-likeness (QED) is 0.760. The summed E-state index contributed by atoms with van der Waals surface area (Å²) in [6, 6.07) is 11.9. The molecule has 18 heavy (non-hydrogen) atoms. The summed E-state index contributed by atoms with van der Waals surface area (Å²) in [5.41, 5.74) is 9.52. The van der Waals surface area contributed by atoms with Gasteiger partial charge in [0.15, 0.2) is 0 Å². The zero-order chi connectivity index (χ0) is 12.5. The van der Waals surface area contributed by atoms with Gasteiger partial charge in [0.1, 0.15) is 5.69 Å². The molecule has 2 heterocycles. The summed E-state index contributed by atoms with van der Waals surface area (Å²) >= 11 is 5.05. The molecule has 0 unspecified atom stereocenters. The van der Waals surface area contributed by atoms with E-state index in [-0.39, 0.29) is 0 Å². The van der Waals surface area contributed by atoms with Gasteiger partial charge in [-0.2, -0.15) is 0 Å². The van der Waals surface area contributed by atoms with Crippen molar-refractivity contribution >= 4 is 33.2 Å². The first-order chi connectivity index (χ1) is 8.75. The summed E-state index contributed by atoms with van der Waals surface area (Å²) in [4.78, 5) is 0. The van der Waals surface area contributed by atoms with Crippen molar-refractivity contribution in [3.63, 3.8) is 0 Å². The van der Waals surface area contributed by atoms with Gasteiger partial charge < -0.3 is 10.3 Å². The second kappa shape index (κ2) is 4.59. The SMILES string of the molecule is Nc1onc(-c2csc(Br)c2)c1-c1ccccc1. The van der Waals surface area contributed by atoms with Gasteiger partial charge in [0.2, 0.25) is 5.88 Å². The molecule has 1 aromatic carbocycles. The Balaban J connectivity index is 2.18. The number of rotatable bonds is 2. The predicted molar refractivity (Wildman–Crippen MR) is 77.4 cm³/mol. The van der Waals surface area contributed by atoms with E-state index >= 15 is 0 Å². The highest BCUT2D eigenvalue weighted by atomic mass is 79.9. The van der Waals surface area contributed by atoms with Crippen molar-refractivity contribution in [1.82, 2.24) is 5.16 Å². The van der Waals surface area contributed by atoms with E-state index in [1.165, 1.54) is 0 Å². The van der Waals surface area contributed by atoms with Crippen LogP contribution in [0.4, 0.5) is 5.88 Å². The zero-order valence-electron chi connectivity index (χ0n) is 9.26. The normalized spacial score (nSPS) is 10.7. The zero-order valence-corrected chi connectivity index (χ0v) is 11.7. The summed E-state index contributed by atoms with van der Waals surface area (Å²) in [7, 11) is 0. The molecule has 3 nitrogen and oxygen atoms in total. The lowest BCUT2D eigenvalue weighted by Crippen LogP contribution is -1.86. The second-order valence-electron chi connectivity index (χ2n) is 3.78. The van der Waals surface area contributed by atoms with E-state index in [0.717, 1.165) is 26.2 Å². The predicted octanol–water partition coefficient (Wildman–Crippen LogP) is 4.41. The van der Waals surface area contributed by atoms with E-state index in [1.807, 2.05) is 41.8 Å². The maximum absolute atomic E-state index is 5.88. The van der Waals surface area contributed by atoms with Gasteiger partial charge in [-0.3, -0.25) is 0 Å². The van der Waals surface area contributed by atoms with Gasteiger partial charge in [0.25, 0.3) is 0 Å². The first-order valence-corrected chi connectivity index (χ1v) is 6.98. The fourth-order valence-corrected chi connectivity index (χ4v) is 2.96. The highest BCUT2D eigenvalue weighted by molar-refractivity contribution is 9.11. The Morgan fingerprint density at radius 3 is 2.61 bits per heavy atom. The van der Waals surface area contributed by atoms with Crippen LogP contribution in [0, 0.1) is 0 Å². The molecule has 0 aliphatic rings. The van der Waals surface area contributed by atoms with Crippen LogP contribution in [-0.4, -0.2) is 5.16 Å². The first kappa shape index (κ1) is 11.5. The largest absolute Gasteiger partial charge is 0.367 e. The highest BCUT2D eigenvalue weighted by Crippen LogP contribution is 2.38. The van der Waals surface area contributed by atoms with Crippen molar-refractivity contribution in [3.8, 4) is 22.4 Å². The molecule has 0 saturated carbocycles. The molecule has 0 bridgehead atoms. The van der Waals surface area contributed by atoms with Crippen LogP contribution in [0.25, 0.3) is 22.4 Å². The maximum atomic E-state index is 5.88. The van der Waals surface area contributed by atoms with Crippen LogP contribution in [0.15, 0.2) is 50.1 Å². The fraction of sp³-hybridized carbons (Fsp3) is 0.